The molecule has 70 valence electrons. The molecule has 0 aliphatic carbocycles. The van der Waals surface area contributed by atoms with Crippen molar-refractivity contribution in [2.75, 3.05) is 0 Å². The van der Waals surface area contributed by atoms with Crippen LogP contribution in [-0.2, 0) is 0 Å². The fraction of sp³-hybridized carbons (Fsp3) is 1.00. The highest BCUT2D eigenvalue weighted by molar-refractivity contribution is 4.66. The highest BCUT2D eigenvalue weighted by atomic mass is 15.1. The van der Waals surface area contributed by atoms with Crippen molar-refractivity contribution in [1.29, 1.82) is 0 Å². The minimum Gasteiger partial charge on any atom is -0.0906 e. The third-order valence-electron chi connectivity index (χ3n) is 1.98. The topological polar surface area (TPSA) is 48.8 Å². The van der Waals surface area contributed by atoms with E-state index >= 15 is 0 Å². The van der Waals surface area contributed by atoms with Gasteiger partial charge in [-0.3, -0.25) is 0 Å². The number of azide groups is 1. The van der Waals surface area contributed by atoms with E-state index in [2.05, 4.69) is 23.9 Å². The van der Waals surface area contributed by atoms with E-state index in [1.165, 1.54) is 19.3 Å². The normalized spacial score (nSPS) is 12.2. The number of rotatable bonds is 7. The molecule has 12 heavy (non-hydrogen) atoms. The van der Waals surface area contributed by atoms with Crippen LogP contribution in [0.25, 0.3) is 10.4 Å². The van der Waals surface area contributed by atoms with E-state index in [9.17, 15) is 0 Å². The monoisotopic (exact) mass is 169 g/mol. The molecule has 0 fully saturated rings. The summed E-state index contributed by atoms with van der Waals surface area (Å²) in [4.78, 5) is 2.86. The molecule has 0 spiro atoms. The van der Waals surface area contributed by atoms with Crippen LogP contribution in [0.3, 0.4) is 0 Å². The first kappa shape index (κ1) is 11.3. The molecule has 0 heterocycles. The van der Waals surface area contributed by atoms with Crippen molar-refractivity contribution >= 4 is 0 Å². The molecule has 0 N–H and O–H groups in total. The molecule has 0 saturated carbocycles. The van der Waals surface area contributed by atoms with Crippen molar-refractivity contribution in [2.24, 2.45) is 5.11 Å². The van der Waals surface area contributed by atoms with E-state index in [-0.39, 0.29) is 6.04 Å². The predicted octanol–water partition coefficient (Wildman–Crippen LogP) is 4.05. The lowest BCUT2D eigenvalue weighted by Crippen LogP contribution is -2.02. The Kier molecular flexibility index (Phi) is 7.92. The second kappa shape index (κ2) is 8.41. The van der Waals surface area contributed by atoms with Crippen LogP contribution in [-0.4, -0.2) is 6.04 Å². The van der Waals surface area contributed by atoms with E-state index in [0.29, 0.717) is 0 Å². The Morgan fingerprint density at radius 3 is 2.42 bits per heavy atom. The summed E-state index contributed by atoms with van der Waals surface area (Å²) in [5.74, 6) is 0. The van der Waals surface area contributed by atoms with Crippen molar-refractivity contribution < 1.29 is 0 Å². The van der Waals surface area contributed by atoms with Gasteiger partial charge in [-0.15, -0.1) is 0 Å². The Balaban J connectivity index is 3.55. The van der Waals surface area contributed by atoms with Crippen LogP contribution in [0, 0.1) is 0 Å². The molecular weight excluding hydrogens is 150 g/mol. The van der Waals surface area contributed by atoms with Gasteiger partial charge in [0.15, 0.2) is 0 Å². The molecule has 0 saturated heterocycles. The van der Waals surface area contributed by atoms with Crippen molar-refractivity contribution in [3.05, 3.63) is 10.4 Å². The quantitative estimate of drug-likeness (QED) is 0.239. The highest BCUT2D eigenvalue weighted by Gasteiger charge is 2.03. The molecule has 3 heteroatoms. The lowest BCUT2D eigenvalue weighted by atomic mass is 10.1. The zero-order valence-electron chi connectivity index (χ0n) is 8.16. The van der Waals surface area contributed by atoms with E-state index in [0.717, 1.165) is 19.3 Å². The van der Waals surface area contributed by atoms with Gasteiger partial charge in [-0.2, -0.15) is 0 Å². The van der Waals surface area contributed by atoms with E-state index < -0.39 is 0 Å². The maximum absolute atomic E-state index is 8.28. The summed E-state index contributed by atoms with van der Waals surface area (Å²) in [5, 5.41) is 3.77. The molecule has 0 amide bonds. The molecule has 3 nitrogen and oxygen atoms in total. The highest BCUT2D eigenvalue weighted by Crippen LogP contribution is 2.11. The molecule has 0 aliphatic heterocycles. The largest absolute Gasteiger partial charge is 0.0906 e. The lowest BCUT2D eigenvalue weighted by Gasteiger charge is -2.07. The maximum atomic E-state index is 8.28. The molecule has 0 aromatic carbocycles. The standard InChI is InChI=1S/C9H19N3/c1-3-5-6-8-9(7-4-2)11-12-10/h9H,3-8H2,1-2H3/t9-/m1/s1. The fourth-order valence-corrected chi connectivity index (χ4v) is 1.30. The first-order valence-corrected chi connectivity index (χ1v) is 4.89. The predicted molar refractivity (Wildman–Crippen MR) is 52.0 cm³/mol. The van der Waals surface area contributed by atoms with Crippen LogP contribution in [0.2, 0.25) is 0 Å². The van der Waals surface area contributed by atoms with Crippen molar-refractivity contribution in [3.63, 3.8) is 0 Å². The molecule has 0 aliphatic rings. The lowest BCUT2D eigenvalue weighted by molar-refractivity contribution is 0.522. The summed E-state index contributed by atoms with van der Waals surface area (Å²) >= 11 is 0. The molecule has 0 unspecified atom stereocenters. The summed E-state index contributed by atoms with van der Waals surface area (Å²) in [5.41, 5.74) is 8.28. The minimum atomic E-state index is 0.242. The number of unbranched alkanes of at least 4 members (excludes halogenated alkanes) is 2. The smallest absolute Gasteiger partial charge is 0.0374 e. The van der Waals surface area contributed by atoms with Gasteiger partial charge < -0.3 is 0 Å². The first-order valence-electron chi connectivity index (χ1n) is 4.89. The Hall–Kier alpha value is -0.690. The minimum absolute atomic E-state index is 0.242. The van der Waals surface area contributed by atoms with Gasteiger partial charge in [-0.1, -0.05) is 44.6 Å². The average molecular weight is 169 g/mol. The molecule has 0 radical (unpaired) electrons. The zero-order chi connectivity index (χ0) is 9.23. The summed E-state index contributed by atoms with van der Waals surface area (Å²) in [6, 6.07) is 0.242. The van der Waals surface area contributed by atoms with Gasteiger partial charge in [0.2, 0.25) is 0 Å². The third-order valence-corrected chi connectivity index (χ3v) is 1.98. The second-order valence-corrected chi connectivity index (χ2v) is 3.14. The Labute approximate surface area is 74.8 Å². The maximum Gasteiger partial charge on any atom is 0.0374 e. The Bertz CT molecular complexity index is 139. The van der Waals surface area contributed by atoms with Crippen LogP contribution in [0.5, 0.6) is 0 Å². The van der Waals surface area contributed by atoms with Gasteiger partial charge in [0.05, 0.1) is 0 Å². The van der Waals surface area contributed by atoms with E-state index in [1.54, 1.807) is 0 Å². The second-order valence-electron chi connectivity index (χ2n) is 3.14. The molecule has 0 bridgehead atoms. The average Bonchev–Trinajstić information content (AvgIpc) is 2.06. The van der Waals surface area contributed by atoms with Crippen LogP contribution >= 0.6 is 0 Å². The van der Waals surface area contributed by atoms with E-state index in [4.69, 9.17) is 5.53 Å². The summed E-state index contributed by atoms with van der Waals surface area (Å²) in [6.45, 7) is 4.31. The Morgan fingerprint density at radius 1 is 1.17 bits per heavy atom. The van der Waals surface area contributed by atoms with Crippen molar-refractivity contribution in [2.45, 2.75) is 58.4 Å². The number of hydrogen-bond acceptors (Lipinski definition) is 1. The third kappa shape index (κ3) is 6.05. The van der Waals surface area contributed by atoms with Crippen LogP contribution < -0.4 is 0 Å². The molecule has 0 aromatic rings. The van der Waals surface area contributed by atoms with Crippen molar-refractivity contribution in [1.82, 2.24) is 0 Å². The Morgan fingerprint density at radius 2 is 1.92 bits per heavy atom. The summed E-state index contributed by atoms with van der Waals surface area (Å²) in [6.07, 6.45) is 6.88. The number of nitrogens with zero attached hydrogens (tertiary/aromatic N) is 3. The zero-order valence-corrected chi connectivity index (χ0v) is 8.16. The van der Waals surface area contributed by atoms with Crippen LogP contribution in [0.15, 0.2) is 5.11 Å². The molecule has 0 aromatic heterocycles. The van der Waals surface area contributed by atoms with Gasteiger partial charge in [-0.25, -0.2) is 0 Å². The summed E-state index contributed by atoms with van der Waals surface area (Å²) in [7, 11) is 0. The molecule has 0 rings (SSSR count). The van der Waals surface area contributed by atoms with Crippen LogP contribution in [0.1, 0.15) is 52.4 Å². The summed E-state index contributed by atoms with van der Waals surface area (Å²) < 4.78 is 0. The van der Waals surface area contributed by atoms with Gasteiger partial charge in [-0.05, 0) is 18.4 Å². The molecule has 1 atom stereocenters. The van der Waals surface area contributed by atoms with Gasteiger partial charge in [0.25, 0.3) is 0 Å². The number of hydrogen-bond donors (Lipinski definition) is 0. The molecular formula is C9H19N3. The van der Waals surface area contributed by atoms with Gasteiger partial charge >= 0.3 is 0 Å². The van der Waals surface area contributed by atoms with Gasteiger partial charge in [0.1, 0.15) is 0 Å². The fourth-order valence-electron chi connectivity index (χ4n) is 1.30. The SMILES string of the molecule is CCCCC[C@@H](CCC)N=[N+]=[N-]. The van der Waals surface area contributed by atoms with Crippen LogP contribution in [0.4, 0.5) is 0 Å². The van der Waals surface area contributed by atoms with Gasteiger partial charge in [0, 0.05) is 11.0 Å². The van der Waals surface area contributed by atoms with E-state index in [1.807, 2.05) is 0 Å². The van der Waals surface area contributed by atoms with Crippen molar-refractivity contribution in [3.8, 4) is 0 Å². The first-order chi connectivity index (χ1) is 5.85.